The van der Waals surface area contributed by atoms with Crippen LogP contribution in [0.15, 0.2) is 35.5 Å². The molecule has 0 aromatic rings. The van der Waals surface area contributed by atoms with Crippen LogP contribution in [0, 0.1) is 5.92 Å². The van der Waals surface area contributed by atoms with E-state index >= 15 is 0 Å². The maximum Gasteiger partial charge on any atom is 0.334 e. The van der Waals surface area contributed by atoms with E-state index in [1.807, 2.05) is 6.92 Å². The summed E-state index contributed by atoms with van der Waals surface area (Å²) in [5, 5.41) is 0. The highest BCUT2D eigenvalue weighted by Gasteiger charge is 2.55. The predicted molar refractivity (Wildman–Crippen MR) is 102 cm³/mol. The van der Waals surface area contributed by atoms with Crippen molar-refractivity contribution in [2.45, 2.75) is 83.7 Å². The highest BCUT2D eigenvalue weighted by atomic mass is 16.6. The zero-order valence-electron chi connectivity index (χ0n) is 16.7. The number of ether oxygens (including phenoxy) is 3. The van der Waals surface area contributed by atoms with Gasteiger partial charge in [0.05, 0.1) is 11.7 Å². The van der Waals surface area contributed by atoms with Crippen LogP contribution >= 0.6 is 0 Å². The second-order valence-electron chi connectivity index (χ2n) is 8.26. The van der Waals surface area contributed by atoms with Crippen LogP contribution in [0.2, 0.25) is 0 Å². The van der Waals surface area contributed by atoms with Crippen LogP contribution in [0.4, 0.5) is 0 Å². The number of hydrogen-bond acceptors (Lipinski definition) is 5. The van der Waals surface area contributed by atoms with Gasteiger partial charge in [-0.1, -0.05) is 24.3 Å². The Hall–Kier alpha value is -1.88. The zero-order chi connectivity index (χ0) is 19.8. The molecule has 0 aromatic carbocycles. The molecule has 3 rings (SSSR count). The maximum atomic E-state index is 12.2. The van der Waals surface area contributed by atoms with E-state index < -0.39 is 18.2 Å². The molecule has 0 spiro atoms. The Morgan fingerprint density at radius 1 is 1.30 bits per heavy atom. The van der Waals surface area contributed by atoms with E-state index in [2.05, 4.69) is 32.6 Å². The molecule has 5 atom stereocenters. The van der Waals surface area contributed by atoms with Crippen LogP contribution in [-0.2, 0) is 23.8 Å². The molecule has 0 saturated carbocycles. The van der Waals surface area contributed by atoms with Gasteiger partial charge in [0.25, 0.3) is 0 Å². The molecule has 2 heterocycles. The summed E-state index contributed by atoms with van der Waals surface area (Å²) in [5.41, 5.74) is 2.54. The Balaban J connectivity index is 1.92. The number of esters is 2. The van der Waals surface area contributed by atoms with Crippen LogP contribution in [0.25, 0.3) is 0 Å². The molecule has 0 unspecified atom stereocenters. The van der Waals surface area contributed by atoms with Gasteiger partial charge in [0, 0.05) is 18.4 Å². The van der Waals surface area contributed by atoms with Gasteiger partial charge in [-0.2, -0.15) is 0 Å². The second-order valence-corrected chi connectivity index (χ2v) is 8.26. The average Bonchev–Trinajstić information content (AvgIpc) is 3.14. The SMILES string of the molecule is C=C1C(=O)O[C@H]2[C@H]1C[C@H]1O[C@@]1(C)CC/C=C(\C)CC/C=C(\C)[C@@H]2OC(C)=O. The van der Waals surface area contributed by atoms with E-state index in [1.54, 1.807) is 0 Å². The smallest absolute Gasteiger partial charge is 0.334 e. The number of fused-ring (bicyclic) bond motifs is 2. The molecule has 0 bridgehead atoms. The van der Waals surface area contributed by atoms with Gasteiger partial charge in [-0.3, -0.25) is 4.79 Å². The summed E-state index contributed by atoms with van der Waals surface area (Å²) >= 11 is 0. The van der Waals surface area contributed by atoms with Crippen LogP contribution in [-0.4, -0.2) is 35.9 Å². The highest BCUT2D eigenvalue weighted by Crippen LogP contribution is 2.47. The quantitative estimate of drug-likeness (QED) is 0.300. The average molecular weight is 374 g/mol. The Morgan fingerprint density at radius 3 is 2.74 bits per heavy atom. The largest absolute Gasteiger partial charge is 0.454 e. The monoisotopic (exact) mass is 374 g/mol. The molecule has 3 aliphatic rings. The minimum absolute atomic E-state index is 0.0650. The molecule has 0 N–H and O–H groups in total. The van der Waals surface area contributed by atoms with Crippen LogP contribution in [0.1, 0.15) is 59.8 Å². The van der Waals surface area contributed by atoms with Crippen molar-refractivity contribution in [3.05, 3.63) is 35.5 Å². The third-order valence-corrected chi connectivity index (χ3v) is 6.03. The van der Waals surface area contributed by atoms with Crippen molar-refractivity contribution in [2.24, 2.45) is 5.92 Å². The van der Waals surface area contributed by atoms with Crippen LogP contribution in [0.3, 0.4) is 0 Å². The third-order valence-electron chi connectivity index (χ3n) is 6.03. The second kappa shape index (κ2) is 7.63. The number of epoxide rings is 1. The third kappa shape index (κ3) is 4.34. The maximum absolute atomic E-state index is 12.2. The topological polar surface area (TPSA) is 65.1 Å². The van der Waals surface area contributed by atoms with Gasteiger partial charge in [-0.05, 0) is 58.4 Å². The summed E-state index contributed by atoms with van der Waals surface area (Å²) in [6.07, 6.45) is 7.70. The standard InChI is InChI=1S/C22H30O5/c1-13-8-6-10-14(2)19(25-16(4)23)20-17(15(3)21(24)26-20)12-18-22(5,27-18)11-7-9-13/h9-10,17-20H,3,6-8,11-12H2,1-2,4-5H3/b13-9+,14-10+/t17-,18+,19-,20-,22-/m0/s1. The zero-order valence-corrected chi connectivity index (χ0v) is 16.7. The molecule has 2 saturated heterocycles. The van der Waals surface area contributed by atoms with Crippen molar-refractivity contribution in [3.8, 4) is 0 Å². The van der Waals surface area contributed by atoms with Gasteiger partial charge in [-0.25, -0.2) is 4.79 Å². The Bertz CT molecular complexity index is 703. The molecule has 2 aliphatic heterocycles. The lowest BCUT2D eigenvalue weighted by molar-refractivity contribution is -0.157. The Morgan fingerprint density at radius 2 is 2.04 bits per heavy atom. The minimum atomic E-state index is -0.590. The number of carbonyl (C=O) groups is 2. The number of carbonyl (C=O) groups excluding carboxylic acids is 2. The lowest BCUT2D eigenvalue weighted by Gasteiger charge is -2.27. The summed E-state index contributed by atoms with van der Waals surface area (Å²) in [5.74, 6) is -0.999. The van der Waals surface area contributed by atoms with Gasteiger partial charge < -0.3 is 14.2 Å². The van der Waals surface area contributed by atoms with Crippen molar-refractivity contribution < 1.29 is 23.8 Å². The molecule has 0 amide bonds. The first kappa shape index (κ1) is 19.9. The first-order valence-electron chi connectivity index (χ1n) is 9.78. The highest BCUT2D eigenvalue weighted by molar-refractivity contribution is 5.91. The normalized spacial score (nSPS) is 41.0. The lowest BCUT2D eigenvalue weighted by atomic mass is 9.84. The van der Waals surface area contributed by atoms with Crippen molar-refractivity contribution in [1.29, 1.82) is 0 Å². The van der Waals surface area contributed by atoms with E-state index in [-0.39, 0.29) is 23.6 Å². The van der Waals surface area contributed by atoms with Crippen LogP contribution < -0.4 is 0 Å². The molecule has 27 heavy (non-hydrogen) atoms. The van der Waals surface area contributed by atoms with Gasteiger partial charge in [0.1, 0.15) is 6.10 Å². The van der Waals surface area contributed by atoms with E-state index in [0.717, 1.165) is 31.3 Å². The summed E-state index contributed by atoms with van der Waals surface area (Å²) in [4.78, 5) is 23.9. The molecule has 5 heteroatoms. The van der Waals surface area contributed by atoms with Crippen molar-refractivity contribution >= 4 is 11.9 Å². The fraction of sp³-hybridized carbons (Fsp3) is 0.636. The number of allylic oxidation sites excluding steroid dienone is 3. The van der Waals surface area contributed by atoms with Gasteiger partial charge in [-0.15, -0.1) is 0 Å². The molecular formula is C22H30O5. The molecule has 0 aromatic heterocycles. The predicted octanol–water partition coefficient (Wildman–Crippen LogP) is 4.03. The van der Waals surface area contributed by atoms with Crippen molar-refractivity contribution in [1.82, 2.24) is 0 Å². The molecular weight excluding hydrogens is 344 g/mol. The van der Waals surface area contributed by atoms with Gasteiger partial charge in [0.2, 0.25) is 0 Å². The molecule has 148 valence electrons. The number of hydrogen-bond donors (Lipinski definition) is 0. The Kier molecular flexibility index (Phi) is 5.61. The molecule has 0 radical (unpaired) electrons. The van der Waals surface area contributed by atoms with E-state index in [9.17, 15) is 9.59 Å². The van der Waals surface area contributed by atoms with Gasteiger partial charge in [0.15, 0.2) is 6.10 Å². The Labute approximate surface area is 161 Å². The lowest BCUT2D eigenvalue weighted by Crippen LogP contribution is -2.37. The van der Waals surface area contributed by atoms with Gasteiger partial charge >= 0.3 is 11.9 Å². The number of rotatable bonds is 1. The van der Waals surface area contributed by atoms with Crippen molar-refractivity contribution in [2.75, 3.05) is 0 Å². The van der Waals surface area contributed by atoms with E-state index in [4.69, 9.17) is 14.2 Å². The molecule has 5 nitrogen and oxygen atoms in total. The summed E-state index contributed by atoms with van der Waals surface area (Å²) in [7, 11) is 0. The fourth-order valence-electron chi connectivity index (χ4n) is 4.17. The van der Waals surface area contributed by atoms with Crippen LogP contribution in [0.5, 0.6) is 0 Å². The van der Waals surface area contributed by atoms with E-state index in [0.29, 0.717) is 12.0 Å². The molecule has 2 fully saturated rings. The first-order valence-corrected chi connectivity index (χ1v) is 9.78. The summed E-state index contributed by atoms with van der Waals surface area (Å²) in [6, 6.07) is 0. The fourth-order valence-corrected chi connectivity index (χ4v) is 4.17. The molecule has 1 aliphatic carbocycles. The minimum Gasteiger partial charge on any atom is -0.454 e. The summed E-state index contributed by atoms with van der Waals surface area (Å²) < 4.78 is 17.2. The van der Waals surface area contributed by atoms with E-state index in [1.165, 1.54) is 12.5 Å². The van der Waals surface area contributed by atoms with Crippen molar-refractivity contribution in [3.63, 3.8) is 0 Å². The first-order chi connectivity index (χ1) is 12.7. The summed E-state index contributed by atoms with van der Waals surface area (Å²) in [6.45, 7) is 11.5.